The first-order valence-corrected chi connectivity index (χ1v) is 10.3. The number of likely N-dealkylation sites (tertiary alicyclic amines) is 1. The third-order valence-corrected chi connectivity index (χ3v) is 5.92. The molecule has 1 N–H and O–H groups in total. The van der Waals surface area contributed by atoms with E-state index in [1.807, 2.05) is 33.0 Å². The minimum absolute atomic E-state index is 0. The van der Waals surface area contributed by atoms with E-state index in [1.165, 1.54) is 6.07 Å². The molecule has 1 amide bonds. The summed E-state index contributed by atoms with van der Waals surface area (Å²) in [6.07, 6.45) is 4.32. The lowest BCUT2D eigenvalue weighted by Gasteiger charge is -2.23. The first kappa shape index (κ1) is 22.5. The summed E-state index contributed by atoms with van der Waals surface area (Å²) in [5.74, 6) is 0.421. The SMILES string of the molecule is CC(C)COc1cc(-c2ccnc([C@H]3CC[C@@]4(CCN(C)C4=O)N3)c2)ccc1F.Cl. The van der Waals surface area contributed by atoms with Crippen molar-refractivity contribution in [1.29, 1.82) is 0 Å². The predicted octanol–water partition coefficient (Wildman–Crippen LogP) is 4.37. The Hall–Kier alpha value is -2.18. The number of hydrogen-bond acceptors (Lipinski definition) is 4. The molecule has 2 fully saturated rings. The van der Waals surface area contributed by atoms with E-state index in [4.69, 9.17) is 4.74 Å². The molecule has 2 saturated heterocycles. The lowest BCUT2D eigenvalue weighted by molar-refractivity contribution is -0.131. The molecule has 5 nitrogen and oxygen atoms in total. The lowest BCUT2D eigenvalue weighted by Crippen LogP contribution is -2.47. The van der Waals surface area contributed by atoms with Crippen LogP contribution in [-0.2, 0) is 4.79 Å². The standard InChI is InChI=1S/C23H28FN3O2.ClH/c1-15(2)14-29-21-13-16(4-5-18(21)24)17-7-10-25-20(12-17)19-6-8-23(26-19)9-11-27(3)22(23)28;/h4-5,7,10,12-13,15,19,26H,6,8-9,11,14H2,1-3H3;1H/t19-,23+;/m1./s1. The molecule has 7 heteroatoms. The Kier molecular flexibility index (Phi) is 6.68. The zero-order valence-corrected chi connectivity index (χ0v) is 18.5. The molecule has 4 rings (SSSR count). The fourth-order valence-corrected chi connectivity index (χ4v) is 4.26. The van der Waals surface area contributed by atoms with Gasteiger partial charge in [0, 0.05) is 19.8 Å². The summed E-state index contributed by atoms with van der Waals surface area (Å²) in [6, 6.07) is 8.94. The van der Waals surface area contributed by atoms with Crippen molar-refractivity contribution in [2.24, 2.45) is 5.92 Å². The van der Waals surface area contributed by atoms with Gasteiger partial charge in [0.1, 0.15) is 5.54 Å². The van der Waals surface area contributed by atoms with Crippen LogP contribution in [0.2, 0.25) is 0 Å². The number of pyridine rings is 1. The summed E-state index contributed by atoms with van der Waals surface area (Å²) in [7, 11) is 1.86. The number of aromatic nitrogens is 1. The number of halogens is 2. The largest absolute Gasteiger partial charge is 0.490 e. The number of carbonyl (C=O) groups excluding carboxylic acids is 1. The Morgan fingerprint density at radius 2 is 2.03 bits per heavy atom. The van der Waals surface area contributed by atoms with Gasteiger partial charge in [-0.3, -0.25) is 15.1 Å². The van der Waals surface area contributed by atoms with Gasteiger partial charge in [-0.05, 0) is 60.6 Å². The fourth-order valence-electron chi connectivity index (χ4n) is 4.26. The van der Waals surface area contributed by atoms with Gasteiger partial charge >= 0.3 is 0 Å². The van der Waals surface area contributed by atoms with Gasteiger partial charge < -0.3 is 9.64 Å². The molecule has 2 aromatic rings. The van der Waals surface area contributed by atoms with Crippen molar-refractivity contribution in [3.05, 3.63) is 48.0 Å². The summed E-state index contributed by atoms with van der Waals surface area (Å²) in [6.45, 7) is 5.33. The van der Waals surface area contributed by atoms with Crippen LogP contribution in [0.15, 0.2) is 36.5 Å². The van der Waals surface area contributed by atoms with Gasteiger partial charge in [0.15, 0.2) is 11.6 Å². The second-order valence-electron chi connectivity index (χ2n) is 8.61. The molecule has 1 aromatic carbocycles. The van der Waals surface area contributed by atoms with E-state index in [2.05, 4.69) is 10.3 Å². The number of benzene rings is 1. The first-order chi connectivity index (χ1) is 13.9. The third-order valence-electron chi connectivity index (χ3n) is 5.92. The van der Waals surface area contributed by atoms with Crippen molar-refractivity contribution in [3.8, 4) is 16.9 Å². The second kappa shape index (κ2) is 8.90. The molecule has 0 saturated carbocycles. The summed E-state index contributed by atoms with van der Waals surface area (Å²) in [5, 5.41) is 3.56. The Balaban J connectivity index is 0.00000256. The van der Waals surface area contributed by atoms with E-state index < -0.39 is 5.54 Å². The van der Waals surface area contributed by atoms with E-state index >= 15 is 0 Å². The van der Waals surface area contributed by atoms with Crippen molar-refractivity contribution in [3.63, 3.8) is 0 Å². The predicted molar refractivity (Wildman–Crippen MR) is 117 cm³/mol. The highest BCUT2D eigenvalue weighted by molar-refractivity contribution is 5.88. The number of amides is 1. The minimum atomic E-state index is -0.440. The Labute approximate surface area is 183 Å². The summed E-state index contributed by atoms with van der Waals surface area (Å²) in [5.41, 5.74) is 2.32. The Bertz CT molecular complexity index is 923. The van der Waals surface area contributed by atoms with E-state index in [9.17, 15) is 9.18 Å². The van der Waals surface area contributed by atoms with Crippen molar-refractivity contribution in [2.75, 3.05) is 20.2 Å². The first-order valence-electron chi connectivity index (χ1n) is 10.3. The van der Waals surface area contributed by atoms with Gasteiger partial charge in [0.2, 0.25) is 5.91 Å². The van der Waals surface area contributed by atoms with E-state index in [0.29, 0.717) is 12.5 Å². The monoisotopic (exact) mass is 433 g/mol. The molecule has 30 heavy (non-hydrogen) atoms. The Morgan fingerprint density at radius 3 is 2.73 bits per heavy atom. The second-order valence-corrected chi connectivity index (χ2v) is 8.61. The highest BCUT2D eigenvalue weighted by Gasteiger charge is 2.50. The molecule has 0 aliphatic carbocycles. The zero-order chi connectivity index (χ0) is 20.6. The van der Waals surface area contributed by atoms with Crippen LogP contribution in [0.3, 0.4) is 0 Å². The van der Waals surface area contributed by atoms with Crippen LogP contribution in [-0.4, -0.2) is 41.5 Å². The number of hydrogen-bond donors (Lipinski definition) is 1. The number of nitrogens with one attached hydrogen (secondary N) is 1. The zero-order valence-electron chi connectivity index (χ0n) is 17.7. The number of likely N-dealkylation sites (N-methyl/N-ethyl adjacent to an activating group) is 1. The maximum absolute atomic E-state index is 14.1. The van der Waals surface area contributed by atoms with Gasteiger partial charge in [0.25, 0.3) is 0 Å². The number of carbonyl (C=O) groups is 1. The van der Waals surface area contributed by atoms with E-state index in [1.54, 1.807) is 23.2 Å². The summed E-state index contributed by atoms with van der Waals surface area (Å²) in [4.78, 5) is 18.9. The van der Waals surface area contributed by atoms with Crippen LogP contribution in [0, 0.1) is 11.7 Å². The van der Waals surface area contributed by atoms with Gasteiger partial charge in [-0.25, -0.2) is 4.39 Å². The maximum atomic E-state index is 14.1. The molecule has 162 valence electrons. The number of ether oxygens (including phenoxy) is 1. The van der Waals surface area contributed by atoms with E-state index in [0.717, 1.165) is 42.6 Å². The van der Waals surface area contributed by atoms with Crippen LogP contribution in [0.4, 0.5) is 4.39 Å². The quantitative estimate of drug-likeness (QED) is 0.760. The van der Waals surface area contributed by atoms with Crippen LogP contribution < -0.4 is 10.1 Å². The summed E-state index contributed by atoms with van der Waals surface area (Å²) < 4.78 is 19.7. The normalized spacial score (nSPS) is 23.3. The van der Waals surface area contributed by atoms with Crippen LogP contribution in [0.1, 0.15) is 44.8 Å². The van der Waals surface area contributed by atoms with Crippen molar-refractivity contribution in [1.82, 2.24) is 15.2 Å². The topological polar surface area (TPSA) is 54.5 Å². The minimum Gasteiger partial charge on any atom is -0.490 e. The van der Waals surface area contributed by atoms with Gasteiger partial charge in [-0.1, -0.05) is 19.9 Å². The highest BCUT2D eigenvalue weighted by Crippen LogP contribution is 2.39. The van der Waals surface area contributed by atoms with Gasteiger partial charge in [-0.2, -0.15) is 0 Å². The molecule has 2 aliphatic rings. The van der Waals surface area contributed by atoms with E-state index in [-0.39, 0.29) is 35.9 Å². The van der Waals surface area contributed by atoms with Crippen LogP contribution >= 0.6 is 12.4 Å². The van der Waals surface area contributed by atoms with Gasteiger partial charge in [-0.15, -0.1) is 12.4 Å². The molecule has 1 aromatic heterocycles. The molecular weight excluding hydrogens is 405 g/mol. The lowest BCUT2D eigenvalue weighted by atomic mass is 9.96. The van der Waals surface area contributed by atoms with Gasteiger partial charge in [0.05, 0.1) is 18.3 Å². The third kappa shape index (κ3) is 4.30. The molecule has 0 radical (unpaired) electrons. The number of rotatable bonds is 5. The molecule has 2 atom stereocenters. The summed E-state index contributed by atoms with van der Waals surface area (Å²) >= 11 is 0. The molecule has 3 heterocycles. The van der Waals surface area contributed by atoms with Crippen LogP contribution in [0.25, 0.3) is 11.1 Å². The molecule has 0 unspecified atom stereocenters. The average Bonchev–Trinajstić information content (AvgIpc) is 3.27. The smallest absolute Gasteiger partial charge is 0.242 e. The van der Waals surface area contributed by atoms with Crippen molar-refractivity contribution >= 4 is 18.3 Å². The van der Waals surface area contributed by atoms with Crippen molar-refractivity contribution < 1.29 is 13.9 Å². The molecule has 1 spiro atoms. The Morgan fingerprint density at radius 1 is 1.27 bits per heavy atom. The van der Waals surface area contributed by atoms with Crippen molar-refractivity contribution in [2.45, 2.75) is 44.7 Å². The molecule has 2 aliphatic heterocycles. The highest BCUT2D eigenvalue weighted by atomic mass is 35.5. The number of nitrogens with zero attached hydrogens (tertiary/aromatic N) is 2. The maximum Gasteiger partial charge on any atom is 0.242 e. The molecule has 0 bridgehead atoms. The van der Waals surface area contributed by atoms with Crippen LogP contribution in [0.5, 0.6) is 5.75 Å². The molecular formula is C23H29ClFN3O2. The fraction of sp³-hybridized carbons (Fsp3) is 0.478. The average molecular weight is 434 g/mol.